The number of fused-ring (bicyclic) bond motifs is 2. The van der Waals surface area contributed by atoms with Crippen LogP contribution in [0.5, 0.6) is 0 Å². The Hall–Kier alpha value is -4.04. The number of rotatable bonds is 4. The molecular formula is C24H18ClFN6O. The monoisotopic (exact) mass is 460 g/mol. The summed E-state index contributed by atoms with van der Waals surface area (Å²) in [6, 6.07) is 16.0. The smallest absolute Gasteiger partial charge is 0.264 e. The van der Waals surface area contributed by atoms with Crippen molar-refractivity contribution in [3.63, 3.8) is 0 Å². The first-order valence-electron chi connectivity index (χ1n) is 10.2. The highest BCUT2D eigenvalue weighted by Crippen LogP contribution is 2.28. The van der Waals surface area contributed by atoms with Gasteiger partial charge in [0, 0.05) is 17.6 Å². The first-order chi connectivity index (χ1) is 15.9. The fourth-order valence-electron chi connectivity index (χ4n) is 3.88. The number of nitrogen functional groups attached to an aromatic ring is 1. The molecule has 1 atom stereocenters. The van der Waals surface area contributed by atoms with Crippen molar-refractivity contribution in [2.75, 3.05) is 11.1 Å². The lowest BCUT2D eigenvalue weighted by atomic mass is 10.1. The SMILES string of the molecule is C[C@H](Nc1nc(N)nc2cccnc12)c1cc2cccc(Cl)c2c(=O)n1-c1ccc(F)cc1. The first kappa shape index (κ1) is 20.8. The minimum Gasteiger partial charge on any atom is -0.368 e. The molecule has 0 bridgehead atoms. The molecule has 3 N–H and O–H groups in total. The molecule has 0 amide bonds. The van der Waals surface area contributed by atoms with Crippen molar-refractivity contribution in [2.45, 2.75) is 13.0 Å². The van der Waals surface area contributed by atoms with Gasteiger partial charge >= 0.3 is 0 Å². The summed E-state index contributed by atoms with van der Waals surface area (Å²) < 4.78 is 15.1. The second kappa shape index (κ2) is 8.14. The minimum absolute atomic E-state index is 0.103. The van der Waals surface area contributed by atoms with Gasteiger partial charge < -0.3 is 11.1 Å². The van der Waals surface area contributed by atoms with E-state index in [-0.39, 0.29) is 11.5 Å². The summed E-state index contributed by atoms with van der Waals surface area (Å²) in [5.41, 5.74) is 7.88. The van der Waals surface area contributed by atoms with Gasteiger partial charge in [0.15, 0.2) is 5.82 Å². The quantitative estimate of drug-likeness (QED) is 0.396. The van der Waals surface area contributed by atoms with Crippen molar-refractivity contribution in [2.24, 2.45) is 0 Å². The average Bonchev–Trinajstić information content (AvgIpc) is 2.79. The van der Waals surface area contributed by atoms with E-state index in [4.69, 9.17) is 17.3 Å². The van der Waals surface area contributed by atoms with E-state index in [2.05, 4.69) is 20.3 Å². The molecule has 0 aliphatic rings. The van der Waals surface area contributed by atoms with E-state index in [1.54, 1.807) is 42.6 Å². The van der Waals surface area contributed by atoms with Crippen LogP contribution in [0.25, 0.3) is 27.5 Å². The van der Waals surface area contributed by atoms with Crippen LogP contribution in [-0.2, 0) is 0 Å². The van der Waals surface area contributed by atoms with Crippen LogP contribution in [0, 0.1) is 5.82 Å². The standard InChI is InChI=1S/C24H18ClFN6O/c1-13(29-22-21-18(6-3-11-28-21)30-24(27)31-22)19-12-14-4-2-5-17(25)20(14)23(33)32(19)16-9-7-15(26)8-10-16/h2-13H,1H3,(H3,27,29,30,31)/t13-/m0/s1. The molecule has 164 valence electrons. The predicted octanol–water partition coefficient (Wildman–Crippen LogP) is 4.88. The second-order valence-corrected chi connectivity index (χ2v) is 7.97. The number of nitrogens with one attached hydrogen (secondary N) is 1. The van der Waals surface area contributed by atoms with E-state index in [0.717, 1.165) is 0 Å². The maximum Gasteiger partial charge on any atom is 0.264 e. The van der Waals surface area contributed by atoms with Gasteiger partial charge in [-0.3, -0.25) is 14.3 Å². The summed E-state index contributed by atoms with van der Waals surface area (Å²) in [5.74, 6) is 0.147. The van der Waals surface area contributed by atoms with Crippen LogP contribution < -0.4 is 16.6 Å². The molecule has 0 aliphatic carbocycles. The van der Waals surface area contributed by atoms with Gasteiger partial charge in [-0.2, -0.15) is 4.98 Å². The lowest BCUT2D eigenvalue weighted by Gasteiger charge is -2.22. The molecule has 7 nitrogen and oxygen atoms in total. The van der Waals surface area contributed by atoms with Gasteiger partial charge in [0.25, 0.3) is 5.56 Å². The summed E-state index contributed by atoms with van der Waals surface area (Å²) >= 11 is 6.36. The summed E-state index contributed by atoms with van der Waals surface area (Å²) in [5, 5.41) is 4.74. The van der Waals surface area contributed by atoms with Crippen LogP contribution in [0.15, 0.2) is 71.7 Å². The highest BCUT2D eigenvalue weighted by Gasteiger charge is 2.19. The Kier molecular flexibility index (Phi) is 5.14. The second-order valence-electron chi connectivity index (χ2n) is 7.56. The van der Waals surface area contributed by atoms with Crippen molar-refractivity contribution in [3.05, 3.63) is 93.7 Å². The van der Waals surface area contributed by atoms with E-state index in [1.807, 2.05) is 19.1 Å². The number of hydrogen-bond donors (Lipinski definition) is 2. The Morgan fingerprint density at radius 2 is 1.88 bits per heavy atom. The zero-order valence-corrected chi connectivity index (χ0v) is 18.2. The third-order valence-corrected chi connectivity index (χ3v) is 5.69. The molecule has 3 heterocycles. The summed E-state index contributed by atoms with van der Waals surface area (Å²) in [6.45, 7) is 1.89. The van der Waals surface area contributed by atoms with Crippen molar-refractivity contribution < 1.29 is 4.39 Å². The molecule has 0 saturated carbocycles. The van der Waals surface area contributed by atoms with Crippen LogP contribution in [0.4, 0.5) is 16.2 Å². The third kappa shape index (κ3) is 3.74. The van der Waals surface area contributed by atoms with E-state index >= 15 is 0 Å². The number of pyridine rings is 2. The molecule has 0 saturated heterocycles. The molecule has 2 aromatic carbocycles. The summed E-state index contributed by atoms with van der Waals surface area (Å²) in [7, 11) is 0. The highest BCUT2D eigenvalue weighted by atomic mass is 35.5. The summed E-state index contributed by atoms with van der Waals surface area (Å²) in [6.07, 6.45) is 1.64. The Labute approximate surface area is 192 Å². The van der Waals surface area contributed by atoms with Crippen LogP contribution in [0.3, 0.4) is 0 Å². The lowest BCUT2D eigenvalue weighted by molar-refractivity contribution is 0.627. The Morgan fingerprint density at radius 3 is 2.67 bits per heavy atom. The number of anilines is 2. The molecular weight excluding hydrogens is 443 g/mol. The fourth-order valence-corrected chi connectivity index (χ4v) is 4.14. The fraction of sp³-hybridized carbons (Fsp3) is 0.0833. The molecule has 5 aromatic rings. The normalized spacial score (nSPS) is 12.2. The van der Waals surface area contributed by atoms with E-state index in [9.17, 15) is 9.18 Å². The number of benzene rings is 2. The molecule has 0 radical (unpaired) electrons. The number of nitrogens with two attached hydrogens (primary N) is 1. The van der Waals surface area contributed by atoms with Gasteiger partial charge in [0.1, 0.15) is 11.3 Å². The predicted molar refractivity (Wildman–Crippen MR) is 128 cm³/mol. The van der Waals surface area contributed by atoms with Gasteiger partial charge in [-0.1, -0.05) is 23.7 Å². The summed E-state index contributed by atoms with van der Waals surface area (Å²) in [4.78, 5) is 26.5. The van der Waals surface area contributed by atoms with Crippen molar-refractivity contribution >= 4 is 45.2 Å². The number of nitrogens with zero attached hydrogens (tertiary/aromatic N) is 4. The van der Waals surface area contributed by atoms with Crippen molar-refractivity contribution in [3.8, 4) is 5.69 Å². The first-order valence-corrected chi connectivity index (χ1v) is 10.5. The van der Waals surface area contributed by atoms with E-state index in [0.29, 0.717) is 44.0 Å². The van der Waals surface area contributed by atoms with Gasteiger partial charge in [0.05, 0.1) is 22.0 Å². The number of halogens is 2. The lowest BCUT2D eigenvalue weighted by Crippen LogP contribution is -2.26. The molecule has 9 heteroatoms. The van der Waals surface area contributed by atoms with Crippen LogP contribution in [0.2, 0.25) is 5.02 Å². The zero-order chi connectivity index (χ0) is 23.1. The van der Waals surface area contributed by atoms with Gasteiger partial charge in [-0.25, -0.2) is 9.37 Å². The average molecular weight is 461 g/mol. The number of hydrogen-bond acceptors (Lipinski definition) is 6. The minimum atomic E-state index is -0.411. The largest absolute Gasteiger partial charge is 0.368 e. The molecule has 3 aromatic heterocycles. The van der Waals surface area contributed by atoms with Crippen molar-refractivity contribution in [1.29, 1.82) is 0 Å². The maximum absolute atomic E-state index is 13.6. The molecule has 5 rings (SSSR count). The molecule has 0 fully saturated rings. The topological polar surface area (TPSA) is 98.7 Å². The van der Waals surface area contributed by atoms with E-state index in [1.165, 1.54) is 16.7 Å². The zero-order valence-electron chi connectivity index (χ0n) is 17.5. The molecule has 33 heavy (non-hydrogen) atoms. The molecule has 0 spiro atoms. The van der Waals surface area contributed by atoms with Gasteiger partial charge in [-0.05, 0) is 60.8 Å². The number of aromatic nitrogens is 4. The molecule has 0 aliphatic heterocycles. The van der Waals surface area contributed by atoms with E-state index < -0.39 is 11.9 Å². The van der Waals surface area contributed by atoms with Crippen LogP contribution in [0.1, 0.15) is 18.7 Å². The van der Waals surface area contributed by atoms with Crippen LogP contribution >= 0.6 is 11.6 Å². The van der Waals surface area contributed by atoms with Crippen LogP contribution in [-0.4, -0.2) is 19.5 Å². The highest BCUT2D eigenvalue weighted by molar-refractivity contribution is 6.35. The maximum atomic E-state index is 13.6. The third-order valence-electron chi connectivity index (χ3n) is 5.38. The Morgan fingerprint density at radius 1 is 1.09 bits per heavy atom. The Bertz CT molecular complexity index is 1570. The van der Waals surface area contributed by atoms with Gasteiger partial charge in [-0.15, -0.1) is 0 Å². The van der Waals surface area contributed by atoms with Crippen molar-refractivity contribution in [1.82, 2.24) is 19.5 Å². The van der Waals surface area contributed by atoms with Gasteiger partial charge in [0.2, 0.25) is 5.95 Å². The molecule has 0 unspecified atom stereocenters. The Balaban J connectivity index is 1.71.